The quantitative estimate of drug-likeness (QED) is 0.699. The number of nitrogens with zero attached hydrogens (tertiary/aromatic N) is 1. The molecule has 6 nitrogen and oxygen atoms in total. The van der Waals surface area contributed by atoms with E-state index in [4.69, 9.17) is 0 Å². The molecule has 2 saturated heterocycles. The smallest absolute Gasteiger partial charge is 0.352 e. The van der Waals surface area contributed by atoms with Crippen molar-refractivity contribution in [2.24, 2.45) is 0 Å². The van der Waals surface area contributed by atoms with Crippen LogP contribution in [0.2, 0.25) is 0 Å². The Kier molecular flexibility index (Phi) is 6.76. The molecular formula is C19H26F3N3O3S2. The van der Waals surface area contributed by atoms with Gasteiger partial charge in [0, 0.05) is 24.9 Å². The minimum atomic E-state index is -4.60. The number of amides is 1. The maximum Gasteiger partial charge on any atom is 0.416 e. The summed E-state index contributed by atoms with van der Waals surface area (Å²) in [4.78, 5) is 11.6. The zero-order chi connectivity index (χ0) is 22.2. The van der Waals surface area contributed by atoms with Gasteiger partial charge in [0.15, 0.2) is 0 Å². The van der Waals surface area contributed by atoms with Crippen LogP contribution in [0.25, 0.3) is 0 Å². The maximum absolute atomic E-state index is 13.0. The molecule has 0 bridgehead atoms. The van der Waals surface area contributed by atoms with Crippen molar-refractivity contribution >= 4 is 27.7 Å². The largest absolute Gasteiger partial charge is 0.416 e. The Morgan fingerprint density at radius 2 is 2.03 bits per heavy atom. The van der Waals surface area contributed by atoms with Crippen LogP contribution in [0.3, 0.4) is 0 Å². The number of piperidine rings is 1. The minimum absolute atomic E-state index is 0.0623. The first-order valence-electron chi connectivity index (χ1n) is 9.86. The molecule has 0 saturated carbocycles. The fraction of sp³-hybridized carbons (Fsp3) is 0.632. The maximum atomic E-state index is 13.0. The molecular weight excluding hydrogens is 439 g/mol. The van der Waals surface area contributed by atoms with Gasteiger partial charge in [-0.3, -0.25) is 10.1 Å². The van der Waals surface area contributed by atoms with Crippen LogP contribution in [0.15, 0.2) is 29.2 Å². The van der Waals surface area contributed by atoms with Gasteiger partial charge in [0.1, 0.15) is 0 Å². The molecule has 11 heteroatoms. The van der Waals surface area contributed by atoms with Crippen LogP contribution >= 0.6 is 11.8 Å². The molecule has 1 aromatic carbocycles. The van der Waals surface area contributed by atoms with Gasteiger partial charge < -0.3 is 5.32 Å². The molecule has 2 atom stereocenters. The Morgan fingerprint density at radius 3 is 2.63 bits per heavy atom. The molecule has 3 rings (SSSR count). The van der Waals surface area contributed by atoms with Crippen molar-refractivity contribution in [1.29, 1.82) is 0 Å². The molecule has 2 unspecified atom stereocenters. The lowest BCUT2D eigenvalue weighted by Gasteiger charge is -2.38. The first kappa shape index (κ1) is 23.4. The molecule has 1 amide bonds. The highest BCUT2D eigenvalue weighted by atomic mass is 32.2. The molecule has 1 aromatic rings. The van der Waals surface area contributed by atoms with Crippen molar-refractivity contribution in [2.45, 2.75) is 61.1 Å². The molecule has 30 heavy (non-hydrogen) atoms. The molecule has 0 radical (unpaired) electrons. The van der Waals surface area contributed by atoms with Crippen LogP contribution in [-0.4, -0.2) is 54.4 Å². The first-order chi connectivity index (χ1) is 14.0. The van der Waals surface area contributed by atoms with Crippen LogP contribution in [0, 0.1) is 0 Å². The summed E-state index contributed by atoms with van der Waals surface area (Å²) in [6, 6.07) is 3.57. The summed E-state index contributed by atoms with van der Waals surface area (Å²) in [6.45, 7) is 4.28. The monoisotopic (exact) mass is 465 g/mol. The van der Waals surface area contributed by atoms with Gasteiger partial charge in [-0.2, -0.15) is 17.5 Å². The van der Waals surface area contributed by atoms with Crippen molar-refractivity contribution in [3.8, 4) is 0 Å². The van der Waals surface area contributed by atoms with Crippen molar-refractivity contribution < 1.29 is 26.4 Å². The van der Waals surface area contributed by atoms with Crippen LogP contribution in [0.5, 0.6) is 0 Å². The van der Waals surface area contributed by atoms with Gasteiger partial charge in [-0.15, -0.1) is 11.8 Å². The van der Waals surface area contributed by atoms with Gasteiger partial charge in [-0.05, 0) is 44.4 Å². The van der Waals surface area contributed by atoms with Crippen LogP contribution in [0.1, 0.15) is 38.7 Å². The van der Waals surface area contributed by atoms with Gasteiger partial charge in [0.25, 0.3) is 0 Å². The third kappa shape index (κ3) is 4.95. The number of benzene rings is 1. The van der Waals surface area contributed by atoms with Crippen molar-refractivity contribution in [2.75, 3.05) is 18.8 Å². The zero-order valence-electron chi connectivity index (χ0n) is 16.8. The lowest BCUT2D eigenvalue weighted by Crippen LogP contribution is -2.55. The fourth-order valence-electron chi connectivity index (χ4n) is 3.59. The molecule has 168 valence electrons. The molecule has 2 aliphatic heterocycles. The zero-order valence-corrected chi connectivity index (χ0v) is 18.5. The minimum Gasteiger partial charge on any atom is -0.352 e. The molecule has 2 aliphatic rings. The molecule has 0 aliphatic carbocycles. The molecule has 0 aromatic heterocycles. The number of carbonyl (C=O) groups excluding carboxylic acids is 1. The Bertz CT molecular complexity index is 885. The second-order valence-corrected chi connectivity index (χ2v) is 11.1. The van der Waals surface area contributed by atoms with Crippen LogP contribution in [0.4, 0.5) is 13.2 Å². The molecule has 2 fully saturated rings. The molecule has 2 heterocycles. The highest BCUT2D eigenvalue weighted by Gasteiger charge is 2.46. The average molecular weight is 466 g/mol. The number of nitrogens with one attached hydrogen (secondary N) is 2. The number of carbonyl (C=O) groups is 1. The Hall–Kier alpha value is -1.30. The van der Waals surface area contributed by atoms with E-state index in [1.165, 1.54) is 10.4 Å². The summed E-state index contributed by atoms with van der Waals surface area (Å²) < 4.78 is 65.8. The van der Waals surface area contributed by atoms with Crippen molar-refractivity contribution in [3.05, 3.63) is 29.8 Å². The number of halogens is 3. The van der Waals surface area contributed by atoms with E-state index in [0.717, 1.165) is 18.6 Å². The second-order valence-electron chi connectivity index (χ2n) is 7.75. The highest BCUT2D eigenvalue weighted by molar-refractivity contribution is 8.01. The predicted octanol–water partition coefficient (Wildman–Crippen LogP) is 2.81. The standard InChI is InChI=1S/C19H26F3N3O3S2/c1-3-13(2)23-17(26)16-12-29-18(24-16)7-9-25(10-8-18)30(27,28)15-6-4-5-14(11-15)19(20,21)22/h4-6,11,13,16,24H,3,7-10,12H2,1-2H3,(H,23,26). The predicted molar refractivity (Wildman–Crippen MR) is 109 cm³/mol. The summed E-state index contributed by atoms with van der Waals surface area (Å²) in [5.74, 6) is 0.538. The summed E-state index contributed by atoms with van der Waals surface area (Å²) >= 11 is 1.61. The van der Waals surface area contributed by atoms with E-state index in [1.807, 2.05) is 13.8 Å². The average Bonchev–Trinajstić information content (AvgIpc) is 3.11. The SMILES string of the molecule is CCC(C)NC(=O)C1CSC2(CCN(S(=O)(=O)c3cccc(C(F)(F)F)c3)CC2)N1. The van der Waals surface area contributed by atoms with E-state index >= 15 is 0 Å². The summed E-state index contributed by atoms with van der Waals surface area (Å²) in [6.07, 6.45) is -2.82. The normalized spacial score (nSPS) is 23.4. The van der Waals surface area contributed by atoms with Crippen LogP contribution < -0.4 is 10.6 Å². The third-order valence-electron chi connectivity index (χ3n) is 5.61. The number of rotatable bonds is 5. The highest BCUT2D eigenvalue weighted by Crippen LogP contribution is 2.40. The Morgan fingerprint density at radius 1 is 1.37 bits per heavy atom. The van der Waals surface area contributed by atoms with Gasteiger partial charge >= 0.3 is 6.18 Å². The summed E-state index contributed by atoms with van der Waals surface area (Å²) in [5, 5.41) is 6.31. The number of sulfonamides is 1. The van der Waals surface area contributed by atoms with E-state index in [0.29, 0.717) is 24.7 Å². The Balaban J connectivity index is 1.65. The van der Waals surface area contributed by atoms with E-state index in [2.05, 4.69) is 10.6 Å². The van der Waals surface area contributed by atoms with Gasteiger partial charge in [-0.25, -0.2) is 8.42 Å². The fourth-order valence-corrected chi connectivity index (χ4v) is 6.49. The lowest BCUT2D eigenvalue weighted by molar-refractivity contribution is -0.137. The van der Waals surface area contributed by atoms with Gasteiger partial charge in [0.05, 0.1) is 21.4 Å². The van der Waals surface area contributed by atoms with Crippen molar-refractivity contribution in [1.82, 2.24) is 14.9 Å². The summed E-state index contributed by atoms with van der Waals surface area (Å²) in [5.41, 5.74) is -0.986. The van der Waals surface area contributed by atoms with Crippen LogP contribution in [-0.2, 0) is 21.0 Å². The first-order valence-corrected chi connectivity index (χ1v) is 12.3. The topological polar surface area (TPSA) is 78.5 Å². The van der Waals surface area contributed by atoms with E-state index in [9.17, 15) is 26.4 Å². The second kappa shape index (κ2) is 8.68. The number of alkyl halides is 3. The van der Waals surface area contributed by atoms with Gasteiger partial charge in [-0.1, -0.05) is 13.0 Å². The van der Waals surface area contributed by atoms with Gasteiger partial charge in [0.2, 0.25) is 15.9 Å². The number of hydrogen-bond donors (Lipinski definition) is 2. The molecule has 1 spiro atoms. The summed E-state index contributed by atoms with van der Waals surface area (Å²) in [7, 11) is -4.02. The molecule has 2 N–H and O–H groups in total. The van der Waals surface area contributed by atoms with E-state index in [-0.39, 0.29) is 36.0 Å². The number of thioether (sulfide) groups is 1. The third-order valence-corrected chi connectivity index (χ3v) is 9.08. The van der Waals surface area contributed by atoms with E-state index < -0.39 is 26.6 Å². The Labute approximate surface area is 179 Å². The lowest BCUT2D eigenvalue weighted by atomic mass is 10.0. The van der Waals surface area contributed by atoms with Crippen molar-refractivity contribution in [3.63, 3.8) is 0 Å². The van der Waals surface area contributed by atoms with E-state index in [1.54, 1.807) is 11.8 Å². The number of hydrogen-bond acceptors (Lipinski definition) is 5.